The Balaban J connectivity index is 1.41. The quantitative estimate of drug-likeness (QED) is 0.585. The van der Waals surface area contributed by atoms with Crippen molar-refractivity contribution in [2.45, 2.75) is 36.0 Å². The van der Waals surface area contributed by atoms with Crippen molar-refractivity contribution in [3.63, 3.8) is 0 Å². The summed E-state index contributed by atoms with van der Waals surface area (Å²) in [6.45, 7) is 4.10. The van der Waals surface area contributed by atoms with Crippen LogP contribution in [0.5, 0.6) is 0 Å². The summed E-state index contributed by atoms with van der Waals surface area (Å²) >= 11 is 1.74. The zero-order chi connectivity index (χ0) is 23.2. The number of hydrogen-bond donors (Lipinski definition) is 1. The molecule has 0 bridgehead atoms. The van der Waals surface area contributed by atoms with E-state index >= 15 is 0 Å². The highest BCUT2D eigenvalue weighted by atomic mass is 32.2. The number of thioether (sulfide) groups is 1. The molecule has 3 aromatic rings. The van der Waals surface area contributed by atoms with Crippen molar-refractivity contribution in [1.82, 2.24) is 10.2 Å². The number of para-hydroxylation sites is 1. The van der Waals surface area contributed by atoms with E-state index in [1.807, 2.05) is 66.7 Å². The predicted molar refractivity (Wildman–Crippen MR) is 130 cm³/mol. The number of carbonyl (C=O) groups excluding carboxylic acids is 3. The topological polar surface area (TPSA) is 69.7 Å². The van der Waals surface area contributed by atoms with Crippen LogP contribution in [0.3, 0.4) is 0 Å². The van der Waals surface area contributed by atoms with Crippen molar-refractivity contribution >= 4 is 46.1 Å². The Bertz CT molecular complexity index is 1280. The summed E-state index contributed by atoms with van der Waals surface area (Å²) in [4.78, 5) is 43.4. The van der Waals surface area contributed by atoms with Crippen molar-refractivity contribution in [1.29, 1.82) is 0 Å². The maximum Gasteiger partial charge on any atom is 0.325 e. The number of fused-ring (bicyclic) bond motifs is 2. The average molecular weight is 460 g/mol. The molecule has 1 fully saturated rings. The molecule has 2 aliphatic rings. The van der Waals surface area contributed by atoms with E-state index in [1.165, 1.54) is 0 Å². The minimum Gasteiger partial charge on any atom is -0.319 e. The van der Waals surface area contributed by atoms with Gasteiger partial charge >= 0.3 is 6.03 Å². The minimum absolute atomic E-state index is 0.261. The van der Waals surface area contributed by atoms with E-state index in [2.05, 4.69) is 12.2 Å². The fourth-order valence-electron chi connectivity index (χ4n) is 4.50. The number of benzene rings is 3. The Hall–Kier alpha value is -3.32. The van der Waals surface area contributed by atoms with Crippen LogP contribution in [0.25, 0.3) is 10.8 Å². The highest BCUT2D eigenvalue weighted by molar-refractivity contribution is 8.00. The maximum atomic E-state index is 13.4. The Morgan fingerprint density at radius 2 is 1.79 bits per heavy atom. The number of hydrogen-bond acceptors (Lipinski definition) is 4. The van der Waals surface area contributed by atoms with Gasteiger partial charge in [-0.1, -0.05) is 55.5 Å². The molecule has 4 amide bonds. The predicted octanol–water partition coefficient (Wildman–Crippen LogP) is 4.52. The molecule has 1 N–H and O–H groups in total. The third-order valence-electron chi connectivity index (χ3n) is 6.44. The third-order valence-corrected chi connectivity index (χ3v) is 7.68. The van der Waals surface area contributed by atoms with E-state index in [1.54, 1.807) is 23.6 Å². The SMILES string of the molecule is C[C@H]1CCN(C(=O)CN2C(=O)N[C@](C)(c3ccc4ccccc4c3)C2=O)c2ccccc2S1. The molecule has 2 heterocycles. The molecule has 0 unspecified atom stereocenters. The first-order chi connectivity index (χ1) is 15.9. The molecule has 2 atom stereocenters. The molecule has 0 saturated carbocycles. The van der Waals surface area contributed by atoms with Gasteiger partial charge in [-0.05, 0) is 47.9 Å². The summed E-state index contributed by atoms with van der Waals surface area (Å²) in [7, 11) is 0. The minimum atomic E-state index is -1.22. The van der Waals surface area contributed by atoms with Crippen molar-refractivity contribution in [3.05, 3.63) is 72.3 Å². The van der Waals surface area contributed by atoms with Gasteiger partial charge < -0.3 is 10.2 Å². The molecule has 5 rings (SSSR count). The van der Waals surface area contributed by atoms with Crippen LogP contribution in [0.1, 0.15) is 25.8 Å². The van der Waals surface area contributed by atoms with Gasteiger partial charge in [0, 0.05) is 16.7 Å². The summed E-state index contributed by atoms with van der Waals surface area (Å²) in [5, 5.41) is 5.24. The first kappa shape index (κ1) is 21.5. The molecule has 0 radical (unpaired) electrons. The van der Waals surface area contributed by atoms with Gasteiger partial charge in [-0.3, -0.25) is 14.5 Å². The van der Waals surface area contributed by atoms with Crippen LogP contribution in [0.2, 0.25) is 0 Å². The van der Waals surface area contributed by atoms with E-state index in [9.17, 15) is 14.4 Å². The number of anilines is 1. The number of nitrogens with one attached hydrogen (secondary N) is 1. The van der Waals surface area contributed by atoms with Gasteiger partial charge in [0.15, 0.2) is 0 Å². The molecule has 6 nitrogen and oxygen atoms in total. The third kappa shape index (κ3) is 3.76. The molecule has 0 aromatic heterocycles. The van der Waals surface area contributed by atoms with Crippen molar-refractivity contribution < 1.29 is 14.4 Å². The van der Waals surface area contributed by atoms with E-state index in [0.717, 1.165) is 32.7 Å². The van der Waals surface area contributed by atoms with Gasteiger partial charge in [-0.15, -0.1) is 11.8 Å². The van der Waals surface area contributed by atoms with Gasteiger partial charge in [0.25, 0.3) is 5.91 Å². The second-order valence-corrected chi connectivity index (χ2v) is 10.2. The number of urea groups is 1. The summed E-state index contributed by atoms with van der Waals surface area (Å²) in [5.41, 5.74) is 0.309. The average Bonchev–Trinajstić information content (AvgIpc) is 2.94. The molecule has 168 valence electrons. The molecule has 0 spiro atoms. The highest BCUT2D eigenvalue weighted by Crippen LogP contribution is 2.37. The van der Waals surface area contributed by atoms with Crippen LogP contribution in [0.15, 0.2) is 71.6 Å². The lowest BCUT2D eigenvalue weighted by Gasteiger charge is -2.25. The van der Waals surface area contributed by atoms with Crippen molar-refractivity contribution in [2.24, 2.45) is 0 Å². The molecule has 33 heavy (non-hydrogen) atoms. The lowest BCUT2D eigenvalue weighted by molar-refractivity contribution is -0.134. The van der Waals surface area contributed by atoms with E-state index < -0.39 is 17.5 Å². The second kappa shape index (κ2) is 8.23. The number of imide groups is 1. The first-order valence-corrected chi connectivity index (χ1v) is 11.9. The molecular weight excluding hydrogens is 434 g/mol. The Morgan fingerprint density at radius 3 is 2.61 bits per heavy atom. The summed E-state index contributed by atoms with van der Waals surface area (Å²) in [5.74, 6) is -0.676. The largest absolute Gasteiger partial charge is 0.325 e. The monoisotopic (exact) mass is 459 g/mol. The van der Waals surface area contributed by atoms with Crippen LogP contribution < -0.4 is 10.2 Å². The number of carbonyl (C=O) groups is 3. The molecule has 0 aliphatic carbocycles. The molecule has 2 aliphatic heterocycles. The van der Waals surface area contributed by atoms with Gasteiger partial charge in [-0.2, -0.15) is 0 Å². The van der Waals surface area contributed by atoms with Crippen LogP contribution in [0.4, 0.5) is 10.5 Å². The summed E-state index contributed by atoms with van der Waals surface area (Å²) < 4.78 is 0. The fraction of sp³-hybridized carbons (Fsp3) is 0.269. The Kier molecular flexibility index (Phi) is 5.37. The fourth-order valence-corrected chi connectivity index (χ4v) is 5.62. The first-order valence-electron chi connectivity index (χ1n) is 11.1. The lowest BCUT2D eigenvalue weighted by atomic mass is 9.90. The Labute approximate surface area is 196 Å². The molecule has 3 aromatic carbocycles. The van der Waals surface area contributed by atoms with Crippen molar-refractivity contribution in [3.8, 4) is 0 Å². The van der Waals surface area contributed by atoms with Gasteiger partial charge in [0.05, 0.1) is 5.69 Å². The van der Waals surface area contributed by atoms with E-state index in [-0.39, 0.29) is 12.5 Å². The van der Waals surface area contributed by atoms with Gasteiger partial charge in [0.2, 0.25) is 5.91 Å². The van der Waals surface area contributed by atoms with Crippen LogP contribution >= 0.6 is 11.8 Å². The molecular formula is C26H25N3O3S. The second-order valence-electron chi connectivity index (χ2n) is 8.74. The standard InChI is InChI=1S/C26H25N3O3S/c1-17-13-14-28(21-9-5-6-10-22(21)33-17)23(30)16-29-24(31)26(2,27-25(29)32)20-12-11-18-7-3-4-8-19(18)15-20/h3-12,15,17H,13-14,16H2,1-2H3,(H,27,32)/t17-,26+/m0/s1. The summed E-state index contributed by atoms with van der Waals surface area (Å²) in [6.07, 6.45) is 0.833. The number of rotatable bonds is 3. The number of nitrogens with zero attached hydrogens (tertiary/aromatic N) is 2. The zero-order valence-corrected chi connectivity index (χ0v) is 19.4. The number of amides is 4. The Morgan fingerprint density at radius 1 is 1.06 bits per heavy atom. The van der Waals surface area contributed by atoms with E-state index in [4.69, 9.17) is 0 Å². The molecule has 1 saturated heterocycles. The zero-order valence-electron chi connectivity index (χ0n) is 18.6. The van der Waals surface area contributed by atoms with Crippen LogP contribution in [0, 0.1) is 0 Å². The van der Waals surface area contributed by atoms with Gasteiger partial charge in [-0.25, -0.2) is 4.79 Å². The highest BCUT2D eigenvalue weighted by Gasteiger charge is 2.50. The molecule has 7 heteroatoms. The lowest BCUT2D eigenvalue weighted by Crippen LogP contribution is -2.45. The maximum absolute atomic E-state index is 13.4. The smallest absolute Gasteiger partial charge is 0.319 e. The normalized spacial score (nSPS) is 22.8. The summed E-state index contributed by atoms with van der Waals surface area (Å²) in [6, 6.07) is 20.8. The van der Waals surface area contributed by atoms with Crippen molar-refractivity contribution in [2.75, 3.05) is 18.0 Å². The van der Waals surface area contributed by atoms with E-state index in [0.29, 0.717) is 17.4 Å². The van der Waals surface area contributed by atoms with Gasteiger partial charge in [0.1, 0.15) is 12.1 Å². The van der Waals surface area contributed by atoms with Crippen LogP contribution in [-0.4, -0.2) is 41.1 Å². The van der Waals surface area contributed by atoms with Crippen LogP contribution in [-0.2, 0) is 15.1 Å².